The molecule has 0 bridgehead atoms. The third kappa shape index (κ3) is 4.99. The maximum absolute atomic E-state index is 11.9. The molecule has 1 heterocycles. The Balaban J connectivity index is 2.64. The topological polar surface area (TPSA) is 62.2 Å². The van der Waals surface area contributed by atoms with Gasteiger partial charge in [0.05, 0.1) is 18.2 Å². The number of carbonyl (C=O) groups excluding carboxylic acids is 1. The summed E-state index contributed by atoms with van der Waals surface area (Å²) >= 11 is 2.11. The van der Waals surface area contributed by atoms with Crippen LogP contribution in [0.2, 0.25) is 0 Å². The lowest BCUT2D eigenvalue weighted by Crippen LogP contribution is -2.38. The first-order valence-electron chi connectivity index (χ1n) is 5.55. The van der Waals surface area contributed by atoms with Gasteiger partial charge >= 0.3 is 0 Å². The van der Waals surface area contributed by atoms with Gasteiger partial charge in [-0.3, -0.25) is 9.78 Å². The van der Waals surface area contributed by atoms with E-state index in [0.29, 0.717) is 11.5 Å². The molecule has 0 aliphatic carbocycles. The highest BCUT2D eigenvalue weighted by Crippen LogP contribution is 2.08. The molecule has 0 saturated carbocycles. The van der Waals surface area contributed by atoms with Gasteiger partial charge in [-0.25, -0.2) is 0 Å². The van der Waals surface area contributed by atoms with E-state index >= 15 is 0 Å². The molecule has 1 amide bonds. The molecule has 5 heteroatoms. The number of aromatic nitrogens is 1. The molecule has 1 aromatic rings. The number of amides is 1. The summed E-state index contributed by atoms with van der Waals surface area (Å²) in [6.45, 7) is 4.07. The summed E-state index contributed by atoms with van der Waals surface area (Å²) < 4.78 is 0.916. The molecule has 0 spiro atoms. The second kappa shape index (κ2) is 6.90. The molecular formula is C12H17IN2O2. The third-order valence-electron chi connectivity index (χ3n) is 2.28. The Morgan fingerprint density at radius 2 is 2.24 bits per heavy atom. The molecule has 0 aliphatic rings. The van der Waals surface area contributed by atoms with Crippen molar-refractivity contribution in [2.75, 3.05) is 6.61 Å². The lowest BCUT2D eigenvalue weighted by Gasteiger charge is -2.18. The van der Waals surface area contributed by atoms with Crippen molar-refractivity contribution < 1.29 is 9.90 Å². The number of carbonyl (C=O) groups is 1. The predicted octanol–water partition coefficient (Wildman–Crippen LogP) is 1.82. The summed E-state index contributed by atoms with van der Waals surface area (Å²) in [5, 5.41) is 12.0. The molecule has 1 rings (SSSR count). The van der Waals surface area contributed by atoms with Crippen LogP contribution in [-0.4, -0.2) is 28.6 Å². The molecule has 1 atom stereocenters. The van der Waals surface area contributed by atoms with Gasteiger partial charge in [0.15, 0.2) is 0 Å². The largest absolute Gasteiger partial charge is 0.394 e. The Bertz CT molecular complexity index is 383. The number of nitrogens with one attached hydrogen (secondary N) is 1. The molecule has 0 fully saturated rings. The fraction of sp³-hybridized carbons (Fsp3) is 0.500. The monoisotopic (exact) mass is 348 g/mol. The van der Waals surface area contributed by atoms with Crippen LogP contribution in [0.15, 0.2) is 18.5 Å². The van der Waals surface area contributed by atoms with Gasteiger partial charge in [0.1, 0.15) is 0 Å². The van der Waals surface area contributed by atoms with E-state index in [2.05, 4.69) is 46.7 Å². The van der Waals surface area contributed by atoms with Gasteiger partial charge in [-0.2, -0.15) is 0 Å². The smallest absolute Gasteiger partial charge is 0.253 e. The van der Waals surface area contributed by atoms with Crippen LogP contribution in [0.5, 0.6) is 0 Å². The molecule has 2 N–H and O–H groups in total. The van der Waals surface area contributed by atoms with Gasteiger partial charge in [-0.05, 0) is 41.0 Å². The van der Waals surface area contributed by atoms with Gasteiger partial charge < -0.3 is 10.4 Å². The summed E-state index contributed by atoms with van der Waals surface area (Å²) in [5.41, 5.74) is 0.527. The molecule has 4 nitrogen and oxygen atoms in total. The molecule has 1 aromatic heterocycles. The predicted molar refractivity (Wildman–Crippen MR) is 74.7 cm³/mol. The van der Waals surface area contributed by atoms with Crippen molar-refractivity contribution in [3.63, 3.8) is 0 Å². The van der Waals surface area contributed by atoms with Crippen LogP contribution in [0.25, 0.3) is 0 Å². The highest BCUT2D eigenvalue weighted by Gasteiger charge is 2.14. The zero-order valence-corrected chi connectivity index (χ0v) is 12.1. The van der Waals surface area contributed by atoms with E-state index in [1.54, 1.807) is 12.3 Å². The fourth-order valence-corrected chi connectivity index (χ4v) is 2.05. The third-order valence-corrected chi connectivity index (χ3v) is 2.87. The van der Waals surface area contributed by atoms with Gasteiger partial charge in [-0.15, -0.1) is 0 Å². The van der Waals surface area contributed by atoms with Crippen LogP contribution in [0, 0.1) is 9.49 Å². The van der Waals surface area contributed by atoms with Gasteiger partial charge in [0.25, 0.3) is 5.91 Å². The Morgan fingerprint density at radius 3 is 2.76 bits per heavy atom. The van der Waals surface area contributed by atoms with Crippen LogP contribution < -0.4 is 5.32 Å². The second-order valence-corrected chi connectivity index (χ2v) is 5.62. The normalized spacial score (nSPS) is 12.5. The molecule has 1 unspecified atom stereocenters. The minimum absolute atomic E-state index is 0.0404. The molecule has 94 valence electrons. The highest BCUT2D eigenvalue weighted by molar-refractivity contribution is 14.1. The summed E-state index contributed by atoms with van der Waals surface area (Å²) in [6, 6.07) is 1.58. The minimum Gasteiger partial charge on any atom is -0.394 e. The zero-order chi connectivity index (χ0) is 12.8. The zero-order valence-electron chi connectivity index (χ0n) is 9.98. The number of aliphatic hydroxyl groups excluding tert-OH is 1. The average molecular weight is 348 g/mol. The van der Waals surface area contributed by atoms with E-state index in [4.69, 9.17) is 0 Å². The van der Waals surface area contributed by atoms with Crippen molar-refractivity contribution in [1.82, 2.24) is 10.3 Å². The van der Waals surface area contributed by atoms with Crippen molar-refractivity contribution in [1.29, 1.82) is 0 Å². The molecule has 0 radical (unpaired) electrons. The first-order chi connectivity index (χ1) is 8.02. The van der Waals surface area contributed by atoms with E-state index in [9.17, 15) is 9.90 Å². The summed E-state index contributed by atoms with van der Waals surface area (Å²) in [4.78, 5) is 15.9. The van der Waals surface area contributed by atoms with Crippen LogP contribution >= 0.6 is 22.6 Å². The van der Waals surface area contributed by atoms with Crippen molar-refractivity contribution in [2.24, 2.45) is 5.92 Å². The first-order valence-corrected chi connectivity index (χ1v) is 6.63. The van der Waals surface area contributed by atoms with Gasteiger partial charge in [0.2, 0.25) is 0 Å². The molecule has 0 aliphatic heterocycles. The number of rotatable bonds is 5. The number of aliphatic hydroxyl groups is 1. The minimum atomic E-state index is -0.194. The van der Waals surface area contributed by atoms with Crippen LogP contribution in [0.4, 0.5) is 0 Å². The SMILES string of the molecule is CC(C)CC(CO)NC(=O)c1cncc(I)c1. The first kappa shape index (κ1) is 14.4. The lowest BCUT2D eigenvalue weighted by molar-refractivity contribution is 0.0908. The Labute approximate surface area is 115 Å². The second-order valence-electron chi connectivity index (χ2n) is 4.37. The Hall–Kier alpha value is -0.690. The van der Waals surface area contributed by atoms with Crippen molar-refractivity contribution >= 4 is 28.5 Å². The van der Waals surface area contributed by atoms with Gasteiger partial charge in [-0.1, -0.05) is 13.8 Å². The van der Waals surface area contributed by atoms with Crippen LogP contribution in [0.1, 0.15) is 30.6 Å². The van der Waals surface area contributed by atoms with Crippen LogP contribution in [0.3, 0.4) is 0 Å². The average Bonchev–Trinajstić information content (AvgIpc) is 2.27. The van der Waals surface area contributed by atoms with E-state index in [1.165, 1.54) is 6.20 Å². The number of halogens is 1. The van der Waals surface area contributed by atoms with Gasteiger partial charge in [0, 0.05) is 16.0 Å². The quantitative estimate of drug-likeness (QED) is 0.798. The van der Waals surface area contributed by atoms with E-state index in [-0.39, 0.29) is 18.6 Å². The van der Waals surface area contributed by atoms with E-state index < -0.39 is 0 Å². The number of hydrogen-bond acceptors (Lipinski definition) is 3. The maximum Gasteiger partial charge on any atom is 0.253 e. The summed E-state index contributed by atoms with van der Waals surface area (Å²) in [5.74, 6) is 0.247. The summed E-state index contributed by atoms with van der Waals surface area (Å²) in [7, 11) is 0. The van der Waals surface area contributed by atoms with Crippen molar-refractivity contribution in [3.05, 3.63) is 27.6 Å². The standard InChI is InChI=1S/C12H17IN2O2/c1-8(2)3-11(7-16)15-12(17)9-4-10(13)6-14-5-9/h4-6,8,11,16H,3,7H2,1-2H3,(H,15,17). The molecule has 0 saturated heterocycles. The molecular weight excluding hydrogens is 331 g/mol. The molecule has 17 heavy (non-hydrogen) atoms. The fourth-order valence-electron chi connectivity index (χ4n) is 1.55. The van der Waals surface area contributed by atoms with Crippen LogP contribution in [-0.2, 0) is 0 Å². The highest BCUT2D eigenvalue weighted by atomic mass is 127. The van der Waals surface area contributed by atoms with Crippen molar-refractivity contribution in [2.45, 2.75) is 26.3 Å². The molecule has 0 aromatic carbocycles. The van der Waals surface area contributed by atoms with Crippen molar-refractivity contribution in [3.8, 4) is 0 Å². The maximum atomic E-state index is 11.9. The van der Waals surface area contributed by atoms with E-state index in [0.717, 1.165) is 9.99 Å². The lowest BCUT2D eigenvalue weighted by atomic mass is 10.0. The number of hydrogen-bond donors (Lipinski definition) is 2. The number of nitrogens with zero attached hydrogens (tertiary/aromatic N) is 1. The Kier molecular flexibility index (Phi) is 5.84. The Morgan fingerprint density at radius 1 is 1.53 bits per heavy atom. The summed E-state index contributed by atoms with van der Waals surface area (Å²) in [6.07, 6.45) is 3.98. The number of pyridine rings is 1. The van der Waals surface area contributed by atoms with E-state index in [1.807, 2.05) is 0 Å².